The van der Waals surface area contributed by atoms with Crippen molar-refractivity contribution in [1.29, 1.82) is 0 Å². The highest BCUT2D eigenvalue weighted by molar-refractivity contribution is 6.30. The van der Waals surface area contributed by atoms with Gasteiger partial charge in [-0.2, -0.15) is 5.10 Å². The Morgan fingerprint density at radius 1 is 1.26 bits per heavy atom. The van der Waals surface area contributed by atoms with Crippen LogP contribution in [0.25, 0.3) is 0 Å². The fourth-order valence-electron chi connectivity index (χ4n) is 2.61. The van der Waals surface area contributed by atoms with E-state index in [0.717, 1.165) is 49.1 Å². The van der Waals surface area contributed by atoms with Crippen LogP contribution in [-0.2, 0) is 17.8 Å². The minimum absolute atomic E-state index is 0.0572. The van der Waals surface area contributed by atoms with Crippen LogP contribution in [0, 0.1) is 11.3 Å². The van der Waals surface area contributed by atoms with Gasteiger partial charge in [0.15, 0.2) is 0 Å². The quantitative estimate of drug-likeness (QED) is 0.646. The number of aldehydes is 1. The van der Waals surface area contributed by atoms with E-state index in [2.05, 4.69) is 23.9 Å². The van der Waals surface area contributed by atoms with E-state index < -0.39 is 0 Å². The molecule has 0 fully saturated rings. The zero-order valence-corrected chi connectivity index (χ0v) is 14.5. The van der Waals surface area contributed by atoms with Gasteiger partial charge in [-0.15, -0.1) is 0 Å². The van der Waals surface area contributed by atoms with Crippen LogP contribution in [0.4, 0.5) is 0 Å². The van der Waals surface area contributed by atoms with Crippen molar-refractivity contribution < 1.29 is 4.79 Å². The highest BCUT2D eigenvalue weighted by Crippen LogP contribution is 2.29. The van der Waals surface area contributed by atoms with E-state index in [0.29, 0.717) is 0 Å². The van der Waals surface area contributed by atoms with E-state index in [1.807, 2.05) is 28.9 Å². The van der Waals surface area contributed by atoms with Gasteiger partial charge in [0, 0.05) is 17.5 Å². The summed E-state index contributed by atoms with van der Waals surface area (Å²) in [5.74, 6) is 0.0572. The summed E-state index contributed by atoms with van der Waals surface area (Å²) in [5.41, 5.74) is 1.33. The molecule has 0 saturated heterocycles. The van der Waals surface area contributed by atoms with Crippen molar-refractivity contribution in [3.8, 4) is 0 Å². The third-order valence-electron chi connectivity index (χ3n) is 4.28. The lowest BCUT2D eigenvalue weighted by Crippen LogP contribution is -2.18. The number of aryl methyl sites for hydroxylation is 1. The summed E-state index contributed by atoms with van der Waals surface area (Å²) >= 11 is 5.90. The fourth-order valence-corrected chi connectivity index (χ4v) is 2.73. The van der Waals surface area contributed by atoms with E-state index in [-0.39, 0.29) is 11.3 Å². The van der Waals surface area contributed by atoms with Crippen molar-refractivity contribution in [1.82, 2.24) is 14.8 Å². The largest absolute Gasteiger partial charge is 0.303 e. The Labute approximate surface area is 142 Å². The Morgan fingerprint density at radius 3 is 2.61 bits per heavy atom. The molecule has 0 aliphatic rings. The van der Waals surface area contributed by atoms with Crippen molar-refractivity contribution in [2.45, 2.75) is 46.1 Å². The van der Waals surface area contributed by atoms with Gasteiger partial charge in [-0.05, 0) is 48.8 Å². The molecule has 0 spiro atoms. The molecule has 5 heteroatoms. The molecule has 0 N–H and O–H groups in total. The van der Waals surface area contributed by atoms with E-state index in [9.17, 15) is 4.79 Å². The van der Waals surface area contributed by atoms with Gasteiger partial charge in [0.25, 0.3) is 0 Å². The van der Waals surface area contributed by atoms with Crippen LogP contribution in [0.5, 0.6) is 0 Å². The Hall–Kier alpha value is -1.68. The number of rotatable bonds is 9. The van der Waals surface area contributed by atoms with Crippen molar-refractivity contribution in [3.63, 3.8) is 0 Å². The molecular weight excluding hydrogens is 310 g/mol. The Bertz CT molecular complexity index is 593. The predicted molar refractivity (Wildman–Crippen MR) is 92.4 cm³/mol. The van der Waals surface area contributed by atoms with Gasteiger partial charge in [0.05, 0.1) is 0 Å². The lowest BCUT2D eigenvalue weighted by atomic mass is 9.81. The number of carbonyl (C=O) groups is 1. The lowest BCUT2D eigenvalue weighted by molar-refractivity contribution is -0.111. The lowest BCUT2D eigenvalue weighted by Gasteiger charge is -2.26. The number of hydrogen-bond donors (Lipinski definition) is 0. The molecule has 1 aromatic heterocycles. The highest BCUT2D eigenvalue weighted by Gasteiger charge is 2.20. The first kappa shape index (κ1) is 17.7. The van der Waals surface area contributed by atoms with Gasteiger partial charge in [-0.3, -0.25) is 4.68 Å². The molecule has 0 unspecified atom stereocenters. The number of halogens is 1. The monoisotopic (exact) mass is 333 g/mol. The molecule has 0 radical (unpaired) electrons. The van der Waals surface area contributed by atoms with Crippen LogP contribution in [0.1, 0.15) is 38.7 Å². The van der Waals surface area contributed by atoms with Crippen LogP contribution in [-0.4, -0.2) is 21.1 Å². The topological polar surface area (TPSA) is 47.8 Å². The van der Waals surface area contributed by atoms with Gasteiger partial charge in [0.2, 0.25) is 0 Å². The molecule has 2 aromatic rings. The van der Waals surface area contributed by atoms with E-state index >= 15 is 0 Å². The third kappa shape index (κ3) is 6.14. The summed E-state index contributed by atoms with van der Waals surface area (Å²) in [7, 11) is 0. The zero-order valence-electron chi connectivity index (χ0n) is 13.8. The minimum Gasteiger partial charge on any atom is -0.303 e. The van der Waals surface area contributed by atoms with Gasteiger partial charge in [0.1, 0.15) is 18.9 Å². The maximum absolute atomic E-state index is 11.4. The minimum atomic E-state index is 0.0572. The Kier molecular flexibility index (Phi) is 6.34. The van der Waals surface area contributed by atoms with E-state index in [1.54, 1.807) is 12.7 Å². The SMILES string of the molecule is CC(C)(CC[C@@H](C=O)Cc1ccc(Cl)cc1)CCn1cncn1. The third-order valence-corrected chi connectivity index (χ3v) is 4.53. The summed E-state index contributed by atoms with van der Waals surface area (Å²) < 4.78 is 1.85. The standard InChI is InChI=1S/C18H24ClN3O/c1-18(2,9-10-22-14-20-13-21-22)8-7-16(12-23)11-15-3-5-17(19)6-4-15/h3-6,12-14,16H,7-11H2,1-2H3/t16-/m1/s1. The second kappa shape index (κ2) is 8.25. The first-order valence-corrected chi connectivity index (χ1v) is 8.38. The number of nitrogens with zero attached hydrogens (tertiary/aromatic N) is 3. The molecule has 0 bridgehead atoms. The zero-order chi connectivity index (χ0) is 16.7. The summed E-state index contributed by atoms with van der Waals surface area (Å²) in [6.45, 7) is 5.35. The van der Waals surface area contributed by atoms with Crippen LogP contribution >= 0.6 is 11.6 Å². The maximum atomic E-state index is 11.4. The summed E-state index contributed by atoms with van der Waals surface area (Å²) in [6.07, 6.45) is 8.09. The molecule has 2 rings (SSSR count). The van der Waals surface area contributed by atoms with Crippen molar-refractivity contribution in [2.24, 2.45) is 11.3 Å². The van der Waals surface area contributed by atoms with Crippen LogP contribution in [0.15, 0.2) is 36.9 Å². The second-order valence-electron chi connectivity index (χ2n) is 6.84. The maximum Gasteiger partial charge on any atom is 0.137 e. The van der Waals surface area contributed by atoms with Gasteiger partial charge in [-0.1, -0.05) is 37.6 Å². The van der Waals surface area contributed by atoms with Crippen molar-refractivity contribution in [2.75, 3.05) is 0 Å². The first-order chi connectivity index (χ1) is 11.0. The van der Waals surface area contributed by atoms with Gasteiger partial charge in [-0.25, -0.2) is 4.98 Å². The van der Waals surface area contributed by atoms with E-state index in [1.165, 1.54) is 0 Å². The average Bonchev–Trinajstić information content (AvgIpc) is 3.05. The van der Waals surface area contributed by atoms with Crippen molar-refractivity contribution >= 4 is 17.9 Å². The Balaban J connectivity index is 1.81. The van der Waals surface area contributed by atoms with Crippen LogP contribution in [0.3, 0.4) is 0 Å². The van der Waals surface area contributed by atoms with Crippen molar-refractivity contribution in [3.05, 3.63) is 47.5 Å². The predicted octanol–water partition coefficient (Wildman–Crippen LogP) is 4.19. The number of aromatic nitrogens is 3. The Morgan fingerprint density at radius 2 is 2.00 bits per heavy atom. The highest BCUT2D eigenvalue weighted by atomic mass is 35.5. The van der Waals surface area contributed by atoms with E-state index in [4.69, 9.17) is 11.6 Å². The summed E-state index contributed by atoms with van der Waals surface area (Å²) in [6, 6.07) is 7.74. The number of benzene rings is 1. The summed E-state index contributed by atoms with van der Waals surface area (Å²) in [4.78, 5) is 15.3. The molecule has 4 nitrogen and oxygen atoms in total. The molecule has 0 aliphatic carbocycles. The molecule has 124 valence electrons. The molecule has 0 saturated carbocycles. The molecule has 1 heterocycles. The molecule has 23 heavy (non-hydrogen) atoms. The average molecular weight is 334 g/mol. The number of hydrogen-bond acceptors (Lipinski definition) is 3. The van der Waals surface area contributed by atoms with Gasteiger partial charge >= 0.3 is 0 Å². The smallest absolute Gasteiger partial charge is 0.137 e. The normalized spacial score (nSPS) is 13.0. The second-order valence-corrected chi connectivity index (χ2v) is 7.27. The first-order valence-electron chi connectivity index (χ1n) is 8.01. The van der Waals surface area contributed by atoms with Gasteiger partial charge < -0.3 is 4.79 Å². The van der Waals surface area contributed by atoms with Crippen LogP contribution in [0.2, 0.25) is 5.02 Å². The molecule has 0 amide bonds. The molecule has 1 aromatic carbocycles. The van der Waals surface area contributed by atoms with Crippen LogP contribution < -0.4 is 0 Å². The molecule has 0 aliphatic heterocycles. The fraction of sp³-hybridized carbons (Fsp3) is 0.500. The summed E-state index contributed by atoms with van der Waals surface area (Å²) in [5, 5.41) is 4.86. The molecular formula is C18H24ClN3O. The molecule has 1 atom stereocenters. The number of carbonyl (C=O) groups excluding carboxylic acids is 1.